The second-order valence-electron chi connectivity index (χ2n) is 9.32. The van der Waals surface area contributed by atoms with Crippen molar-refractivity contribution in [1.29, 1.82) is 0 Å². The molecular formula is C24H37N3O6S. The standard InChI is InChI=1S/C24H37N3O6S/c1-17(2)18(3)25-22(28)20-10-13-27(14-11-20)23(29)21(12-15-34(4,31)32)26-24(30)33-16-19-8-6-5-7-9-19/h5-9,17-18,20-21H,10-16H2,1-4H3,(H,25,28)(H,26,30). The number of nitrogens with zero attached hydrogens (tertiary/aromatic N) is 1. The predicted octanol–water partition coefficient (Wildman–Crippen LogP) is 2.12. The Hall–Kier alpha value is -2.62. The molecule has 0 aliphatic carbocycles. The van der Waals surface area contributed by atoms with E-state index in [-0.39, 0.29) is 42.6 Å². The van der Waals surface area contributed by atoms with Crippen molar-refractivity contribution in [2.75, 3.05) is 25.1 Å². The van der Waals surface area contributed by atoms with E-state index in [9.17, 15) is 22.8 Å². The zero-order chi connectivity index (χ0) is 25.3. The number of alkyl carbamates (subject to hydrolysis) is 1. The molecule has 190 valence electrons. The summed E-state index contributed by atoms with van der Waals surface area (Å²) in [4.78, 5) is 39.6. The molecule has 0 bridgehead atoms. The molecule has 1 aliphatic rings. The minimum Gasteiger partial charge on any atom is -0.445 e. The Morgan fingerprint density at radius 3 is 2.24 bits per heavy atom. The van der Waals surface area contributed by atoms with E-state index in [1.807, 2.05) is 51.1 Å². The number of amides is 3. The Morgan fingerprint density at radius 2 is 1.68 bits per heavy atom. The Morgan fingerprint density at radius 1 is 1.06 bits per heavy atom. The second kappa shape index (κ2) is 12.7. The Balaban J connectivity index is 1.94. The molecule has 1 aromatic rings. The first-order valence-electron chi connectivity index (χ1n) is 11.7. The van der Waals surface area contributed by atoms with Crippen LogP contribution in [0.1, 0.15) is 45.6 Å². The van der Waals surface area contributed by atoms with Gasteiger partial charge in [-0.2, -0.15) is 0 Å². The van der Waals surface area contributed by atoms with Crippen molar-refractivity contribution in [3.63, 3.8) is 0 Å². The minimum absolute atomic E-state index is 0.00969. The summed E-state index contributed by atoms with van der Waals surface area (Å²) in [7, 11) is -3.33. The normalized spacial score (nSPS) is 16.6. The summed E-state index contributed by atoms with van der Waals surface area (Å²) in [6, 6.07) is 8.15. The van der Waals surface area contributed by atoms with Gasteiger partial charge in [0.15, 0.2) is 0 Å². The summed E-state index contributed by atoms with van der Waals surface area (Å²) in [5.74, 6) is -0.467. The van der Waals surface area contributed by atoms with Crippen molar-refractivity contribution in [2.45, 2.75) is 58.7 Å². The summed E-state index contributed by atoms with van der Waals surface area (Å²) in [6.45, 7) is 6.82. The fourth-order valence-electron chi connectivity index (χ4n) is 3.59. The second-order valence-corrected chi connectivity index (χ2v) is 11.6. The molecule has 2 rings (SSSR count). The Bertz CT molecular complexity index is 927. The first kappa shape index (κ1) is 27.6. The van der Waals surface area contributed by atoms with Gasteiger partial charge < -0.3 is 20.3 Å². The minimum atomic E-state index is -3.33. The van der Waals surface area contributed by atoms with E-state index >= 15 is 0 Å². The van der Waals surface area contributed by atoms with Crippen LogP contribution in [0.15, 0.2) is 30.3 Å². The van der Waals surface area contributed by atoms with Crippen molar-refractivity contribution >= 4 is 27.7 Å². The molecule has 2 unspecified atom stereocenters. The lowest BCUT2D eigenvalue weighted by Crippen LogP contribution is -2.52. The SMILES string of the molecule is CC(C)C(C)NC(=O)C1CCN(C(=O)C(CCS(C)(=O)=O)NC(=O)OCc2ccccc2)CC1. The topological polar surface area (TPSA) is 122 Å². The molecule has 1 aliphatic heterocycles. The van der Waals surface area contributed by atoms with Gasteiger partial charge in [0.25, 0.3) is 0 Å². The number of carbonyl (C=O) groups is 3. The summed E-state index contributed by atoms with van der Waals surface area (Å²) < 4.78 is 28.6. The summed E-state index contributed by atoms with van der Waals surface area (Å²) in [5, 5.41) is 5.56. The highest BCUT2D eigenvalue weighted by Crippen LogP contribution is 2.19. The molecule has 10 heteroatoms. The smallest absolute Gasteiger partial charge is 0.408 e. The molecule has 2 N–H and O–H groups in total. The van der Waals surface area contributed by atoms with E-state index in [1.165, 1.54) is 0 Å². The van der Waals surface area contributed by atoms with Crippen LogP contribution in [0.5, 0.6) is 0 Å². The molecule has 1 fully saturated rings. The van der Waals surface area contributed by atoms with Crippen molar-refractivity contribution in [3.05, 3.63) is 35.9 Å². The quantitative estimate of drug-likeness (QED) is 0.513. The molecule has 0 saturated carbocycles. The van der Waals surface area contributed by atoms with Crippen LogP contribution in [0.25, 0.3) is 0 Å². The Labute approximate surface area is 202 Å². The van der Waals surface area contributed by atoms with Crippen LogP contribution in [-0.4, -0.2) is 68.4 Å². The molecule has 0 aromatic heterocycles. The number of hydrogen-bond donors (Lipinski definition) is 2. The maximum Gasteiger partial charge on any atom is 0.408 e. The molecule has 1 saturated heterocycles. The maximum atomic E-state index is 13.1. The van der Waals surface area contributed by atoms with Crippen molar-refractivity contribution in [1.82, 2.24) is 15.5 Å². The van der Waals surface area contributed by atoms with E-state index in [4.69, 9.17) is 4.74 Å². The number of ether oxygens (including phenoxy) is 1. The van der Waals surface area contributed by atoms with Gasteiger partial charge in [-0.1, -0.05) is 44.2 Å². The van der Waals surface area contributed by atoms with Gasteiger partial charge in [0.1, 0.15) is 22.5 Å². The lowest BCUT2D eigenvalue weighted by atomic mass is 9.94. The molecule has 0 radical (unpaired) electrons. The number of benzene rings is 1. The average Bonchev–Trinajstić information content (AvgIpc) is 2.80. The highest BCUT2D eigenvalue weighted by atomic mass is 32.2. The highest BCUT2D eigenvalue weighted by molar-refractivity contribution is 7.90. The molecular weight excluding hydrogens is 458 g/mol. The van der Waals surface area contributed by atoms with E-state index in [0.717, 1.165) is 11.8 Å². The number of piperidine rings is 1. The number of hydrogen-bond acceptors (Lipinski definition) is 6. The highest BCUT2D eigenvalue weighted by Gasteiger charge is 2.32. The van der Waals surface area contributed by atoms with Gasteiger partial charge >= 0.3 is 6.09 Å². The summed E-state index contributed by atoms with van der Waals surface area (Å²) in [6.07, 6.45) is 1.28. The molecule has 34 heavy (non-hydrogen) atoms. The molecule has 1 aromatic carbocycles. The van der Waals surface area contributed by atoms with Gasteiger partial charge in [-0.05, 0) is 37.7 Å². The lowest BCUT2D eigenvalue weighted by Gasteiger charge is -2.34. The zero-order valence-corrected chi connectivity index (χ0v) is 21.3. The molecule has 1 heterocycles. The molecule has 9 nitrogen and oxygen atoms in total. The van der Waals surface area contributed by atoms with Gasteiger partial charge in [0, 0.05) is 31.3 Å². The van der Waals surface area contributed by atoms with Crippen molar-refractivity contribution in [2.24, 2.45) is 11.8 Å². The number of likely N-dealkylation sites (tertiary alicyclic amines) is 1. The molecule has 2 atom stereocenters. The van der Waals surface area contributed by atoms with Gasteiger partial charge in [-0.15, -0.1) is 0 Å². The van der Waals surface area contributed by atoms with Gasteiger partial charge in [0.05, 0.1) is 5.75 Å². The van der Waals surface area contributed by atoms with Crippen molar-refractivity contribution in [3.8, 4) is 0 Å². The lowest BCUT2D eigenvalue weighted by molar-refractivity contribution is -0.137. The first-order chi connectivity index (χ1) is 16.0. The first-order valence-corrected chi connectivity index (χ1v) is 13.8. The number of sulfone groups is 1. The van der Waals surface area contributed by atoms with E-state index in [2.05, 4.69) is 10.6 Å². The zero-order valence-electron chi connectivity index (χ0n) is 20.5. The van der Waals surface area contributed by atoms with Crippen LogP contribution in [-0.2, 0) is 30.8 Å². The fraction of sp³-hybridized carbons (Fsp3) is 0.625. The monoisotopic (exact) mass is 495 g/mol. The van der Waals surface area contributed by atoms with Gasteiger partial charge in [0.2, 0.25) is 11.8 Å². The maximum absolute atomic E-state index is 13.1. The van der Waals surface area contributed by atoms with Crippen LogP contribution in [0.2, 0.25) is 0 Å². The van der Waals surface area contributed by atoms with Crippen LogP contribution >= 0.6 is 0 Å². The van der Waals surface area contributed by atoms with E-state index in [0.29, 0.717) is 31.8 Å². The third-order valence-electron chi connectivity index (χ3n) is 6.13. The Kier molecular flexibility index (Phi) is 10.3. The van der Waals surface area contributed by atoms with E-state index in [1.54, 1.807) is 4.90 Å². The van der Waals surface area contributed by atoms with E-state index < -0.39 is 22.0 Å². The van der Waals surface area contributed by atoms with Crippen LogP contribution in [0.3, 0.4) is 0 Å². The molecule has 3 amide bonds. The number of carbonyl (C=O) groups excluding carboxylic acids is 3. The predicted molar refractivity (Wildman–Crippen MR) is 130 cm³/mol. The number of nitrogens with one attached hydrogen (secondary N) is 2. The summed E-state index contributed by atoms with van der Waals surface area (Å²) in [5.41, 5.74) is 0.795. The van der Waals surface area contributed by atoms with Crippen LogP contribution in [0, 0.1) is 11.8 Å². The van der Waals surface area contributed by atoms with Gasteiger partial charge in [-0.25, -0.2) is 13.2 Å². The largest absolute Gasteiger partial charge is 0.445 e. The van der Waals surface area contributed by atoms with Gasteiger partial charge in [-0.3, -0.25) is 9.59 Å². The fourth-order valence-corrected chi connectivity index (χ4v) is 4.25. The van der Waals surface area contributed by atoms with Crippen molar-refractivity contribution < 1.29 is 27.5 Å². The third-order valence-corrected chi connectivity index (χ3v) is 7.10. The third kappa shape index (κ3) is 9.32. The van der Waals surface area contributed by atoms with Crippen LogP contribution < -0.4 is 10.6 Å². The summed E-state index contributed by atoms with van der Waals surface area (Å²) >= 11 is 0. The number of rotatable bonds is 10. The van der Waals surface area contributed by atoms with Crippen LogP contribution in [0.4, 0.5) is 4.79 Å². The molecule has 0 spiro atoms. The average molecular weight is 496 g/mol.